The van der Waals surface area contributed by atoms with Crippen LogP contribution in [0.25, 0.3) is 0 Å². The summed E-state index contributed by atoms with van der Waals surface area (Å²) in [5.74, 6) is -1.89. The maximum atomic E-state index is 12.5. The topological polar surface area (TPSA) is 77.9 Å². The Balaban J connectivity index is 2.07. The molecule has 1 aliphatic carbocycles. The van der Waals surface area contributed by atoms with Crippen molar-refractivity contribution in [3.05, 3.63) is 0 Å². The minimum absolute atomic E-state index is 0.0783. The van der Waals surface area contributed by atoms with Crippen molar-refractivity contribution in [2.45, 2.75) is 26.2 Å². The number of carboxylic acid groups (broad SMARTS) is 1. The molecule has 0 aromatic heterocycles. The van der Waals surface area contributed by atoms with Gasteiger partial charge in [-0.05, 0) is 18.8 Å². The largest absolute Gasteiger partial charge is 0.481 e. The fraction of sp³-hybridized carbons (Fsp3) is 0.786. The predicted octanol–water partition coefficient (Wildman–Crippen LogP) is 0.424. The number of nitrogens with zero attached hydrogens (tertiary/aromatic N) is 2. The molecule has 20 heavy (non-hydrogen) atoms. The number of carbonyl (C=O) groups excluding carboxylic acids is 2. The molecule has 0 spiro atoms. The van der Waals surface area contributed by atoms with Gasteiger partial charge in [-0.25, -0.2) is 0 Å². The van der Waals surface area contributed by atoms with Crippen LogP contribution in [0.5, 0.6) is 0 Å². The zero-order valence-corrected chi connectivity index (χ0v) is 12.0. The van der Waals surface area contributed by atoms with Crippen LogP contribution in [0, 0.1) is 17.8 Å². The molecule has 112 valence electrons. The van der Waals surface area contributed by atoms with Crippen LogP contribution in [-0.2, 0) is 14.4 Å². The van der Waals surface area contributed by atoms with Crippen molar-refractivity contribution in [3.63, 3.8) is 0 Å². The Morgan fingerprint density at radius 3 is 2.45 bits per heavy atom. The van der Waals surface area contributed by atoms with E-state index in [2.05, 4.69) is 0 Å². The summed E-state index contributed by atoms with van der Waals surface area (Å²) >= 11 is 0. The molecule has 1 unspecified atom stereocenters. The second-order valence-electron chi connectivity index (χ2n) is 5.87. The smallest absolute Gasteiger partial charge is 0.307 e. The zero-order valence-electron chi connectivity index (χ0n) is 12.0. The fourth-order valence-electron chi connectivity index (χ4n) is 3.20. The zero-order chi connectivity index (χ0) is 14.9. The van der Waals surface area contributed by atoms with Crippen LogP contribution in [0.1, 0.15) is 26.2 Å². The minimum atomic E-state index is -0.889. The Morgan fingerprint density at radius 1 is 1.25 bits per heavy atom. The molecule has 2 fully saturated rings. The summed E-state index contributed by atoms with van der Waals surface area (Å²) < 4.78 is 0. The third-order valence-electron chi connectivity index (χ3n) is 4.64. The lowest BCUT2D eigenvalue weighted by Gasteiger charge is -2.34. The molecule has 3 atom stereocenters. The first-order valence-corrected chi connectivity index (χ1v) is 7.19. The van der Waals surface area contributed by atoms with Crippen molar-refractivity contribution < 1.29 is 19.5 Å². The number of carbonyl (C=O) groups is 3. The predicted molar refractivity (Wildman–Crippen MR) is 71.8 cm³/mol. The number of piperazine rings is 1. The number of hydrogen-bond donors (Lipinski definition) is 1. The second kappa shape index (κ2) is 5.81. The van der Waals surface area contributed by atoms with Crippen molar-refractivity contribution in [1.29, 1.82) is 0 Å². The van der Waals surface area contributed by atoms with Crippen LogP contribution in [0.4, 0.5) is 0 Å². The molecule has 1 aliphatic heterocycles. The van der Waals surface area contributed by atoms with Crippen molar-refractivity contribution in [3.8, 4) is 0 Å². The summed E-state index contributed by atoms with van der Waals surface area (Å²) in [6.07, 6.45) is 2.10. The maximum Gasteiger partial charge on any atom is 0.307 e. The Bertz CT molecular complexity index is 423. The van der Waals surface area contributed by atoms with E-state index in [0.29, 0.717) is 31.8 Å². The van der Waals surface area contributed by atoms with E-state index in [1.807, 2.05) is 6.92 Å². The van der Waals surface area contributed by atoms with Gasteiger partial charge in [-0.3, -0.25) is 14.4 Å². The number of rotatable bonds is 3. The molecule has 0 aromatic rings. The van der Waals surface area contributed by atoms with E-state index in [1.165, 1.54) is 4.90 Å². The number of hydrogen-bond acceptors (Lipinski definition) is 3. The Labute approximate surface area is 118 Å². The second-order valence-corrected chi connectivity index (χ2v) is 5.87. The van der Waals surface area contributed by atoms with Gasteiger partial charge in [-0.1, -0.05) is 13.3 Å². The maximum absolute atomic E-state index is 12.5. The molecule has 1 saturated heterocycles. The van der Waals surface area contributed by atoms with Crippen molar-refractivity contribution in [2.24, 2.45) is 17.8 Å². The van der Waals surface area contributed by atoms with Crippen LogP contribution < -0.4 is 0 Å². The van der Waals surface area contributed by atoms with E-state index in [0.717, 1.165) is 6.42 Å². The molecule has 6 nitrogen and oxygen atoms in total. The molecular weight excluding hydrogens is 260 g/mol. The molecule has 0 aromatic carbocycles. The van der Waals surface area contributed by atoms with Gasteiger partial charge in [0.05, 0.1) is 18.4 Å². The van der Waals surface area contributed by atoms with Gasteiger partial charge in [-0.15, -0.1) is 0 Å². The highest BCUT2D eigenvalue weighted by Crippen LogP contribution is 2.39. The van der Waals surface area contributed by atoms with E-state index in [4.69, 9.17) is 0 Å². The lowest BCUT2D eigenvalue weighted by Crippen LogP contribution is -2.52. The quantitative estimate of drug-likeness (QED) is 0.814. The normalized spacial score (nSPS) is 30.7. The molecule has 6 heteroatoms. The summed E-state index contributed by atoms with van der Waals surface area (Å²) in [6, 6.07) is 0. The van der Waals surface area contributed by atoms with Crippen molar-refractivity contribution >= 4 is 17.8 Å². The molecule has 1 saturated carbocycles. The summed E-state index contributed by atoms with van der Waals surface area (Å²) in [5, 5.41) is 9.29. The summed E-state index contributed by atoms with van der Waals surface area (Å²) in [5.41, 5.74) is 0. The fourth-order valence-corrected chi connectivity index (χ4v) is 3.20. The highest BCUT2D eigenvalue weighted by atomic mass is 16.4. The van der Waals surface area contributed by atoms with E-state index in [-0.39, 0.29) is 18.4 Å². The van der Waals surface area contributed by atoms with E-state index >= 15 is 0 Å². The first-order valence-electron chi connectivity index (χ1n) is 7.19. The first-order chi connectivity index (χ1) is 9.43. The standard InChI is InChI=1S/C14H22N2O4/c1-3-9-6-10(11(7-9)14(19)20)13(18)16-5-4-15(2)12(17)8-16/h9-11H,3-8H2,1-2H3,(H,19,20)/t9?,10-,11+/m0/s1. The summed E-state index contributed by atoms with van der Waals surface area (Å²) in [7, 11) is 1.72. The average Bonchev–Trinajstić information content (AvgIpc) is 2.85. The van der Waals surface area contributed by atoms with Gasteiger partial charge in [0.2, 0.25) is 11.8 Å². The molecule has 1 heterocycles. The first kappa shape index (κ1) is 14.8. The molecular formula is C14H22N2O4. The number of aliphatic carboxylic acids is 1. The average molecular weight is 282 g/mol. The van der Waals surface area contributed by atoms with E-state index in [1.54, 1.807) is 11.9 Å². The highest BCUT2D eigenvalue weighted by molar-refractivity contribution is 5.89. The van der Waals surface area contributed by atoms with Gasteiger partial charge in [0.25, 0.3) is 0 Å². The van der Waals surface area contributed by atoms with Crippen molar-refractivity contribution in [1.82, 2.24) is 9.80 Å². The number of carboxylic acids is 1. The SMILES string of the molecule is CCC1C[C@H](C(=O)N2CCN(C)C(=O)C2)[C@H](C(=O)O)C1. The van der Waals surface area contributed by atoms with Crippen LogP contribution in [0.15, 0.2) is 0 Å². The van der Waals surface area contributed by atoms with Crippen LogP contribution in [-0.4, -0.2) is 59.4 Å². The van der Waals surface area contributed by atoms with Crippen LogP contribution >= 0.6 is 0 Å². The van der Waals surface area contributed by atoms with Crippen LogP contribution in [0.2, 0.25) is 0 Å². The molecule has 2 aliphatic rings. The molecule has 2 amide bonds. The molecule has 0 radical (unpaired) electrons. The van der Waals surface area contributed by atoms with E-state index < -0.39 is 17.8 Å². The third kappa shape index (κ3) is 2.78. The van der Waals surface area contributed by atoms with Gasteiger partial charge < -0.3 is 14.9 Å². The summed E-state index contributed by atoms with van der Waals surface area (Å²) in [6.45, 7) is 3.12. The van der Waals surface area contributed by atoms with Gasteiger partial charge in [0.1, 0.15) is 0 Å². The lowest BCUT2D eigenvalue weighted by atomic mass is 9.94. The van der Waals surface area contributed by atoms with Crippen LogP contribution in [0.3, 0.4) is 0 Å². The number of likely N-dealkylation sites (N-methyl/N-ethyl adjacent to an activating group) is 1. The Kier molecular flexibility index (Phi) is 4.30. The van der Waals surface area contributed by atoms with Crippen molar-refractivity contribution in [2.75, 3.05) is 26.7 Å². The van der Waals surface area contributed by atoms with Gasteiger partial charge in [-0.2, -0.15) is 0 Å². The molecule has 0 bridgehead atoms. The lowest BCUT2D eigenvalue weighted by molar-refractivity contribution is -0.152. The molecule has 2 rings (SSSR count). The van der Waals surface area contributed by atoms with Gasteiger partial charge >= 0.3 is 5.97 Å². The Hall–Kier alpha value is -1.59. The number of amides is 2. The third-order valence-corrected chi connectivity index (χ3v) is 4.64. The Morgan fingerprint density at radius 2 is 1.90 bits per heavy atom. The monoisotopic (exact) mass is 282 g/mol. The van der Waals surface area contributed by atoms with Gasteiger partial charge in [0, 0.05) is 20.1 Å². The summed E-state index contributed by atoms with van der Waals surface area (Å²) in [4.78, 5) is 38.7. The highest BCUT2D eigenvalue weighted by Gasteiger charge is 2.44. The van der Waals surface area contributed by atoms with Gasteiger partial charge in [0.15, 0.2) is 0 Å². The van der Waals surface area contributed by atoms with E-state index in [9.17, 15) is 19.5 Å². The minimum Gasteiger partial charge on any atom is -0.481 e. The molecule has 1 N–H and O–H groups in total.